The fourth-order valence-electron chi connectivity index (χ4n) is 2.96. The number of carbonyl (C=O) groups excluding carboxylic acids is 1. The molecule has 1 aromatic heterocycles. The van der Waals surface area contributed by atoms with Crippen molar-refractivity contribution >= 4 is 27.6 Å². The second-order valence-electron chi connectivity index (χ2n) is 6.55. The van der Waals surface area contributed by atoms with Crippen molar-refractivity contribution in [2.75, 3.05) is 13.1 Å². The number of Topliss-reactive ketones (excluding diaryl/α,β-unsaturated/α-hetero) is 1. The van der Waals surface area contributed by atoms with Crippen LogP contribution >= 0.6 is 11.8 Å². The predicted molar refractivity (Wildman–Crippen MR) is 103 cm³/mol. The molecule has 9 heteroatoms. The molecule has 28 heavy (non-hydrogen) atoms. The molecule has 1 saturated heterocycles. The molecule has 3 rings (SSSR count). The lowest BCUT2D eigenvalue weighted by Crippen LogP contribution is -2.35. The summed E-state index contributed by atoms with van der Waals surface area (Å²) in [6.07, 6.45) is 4.03. The molecule has 2 heterocycles. The number of piperidine rings is 1. The SMILES string of the molecule is CC(Sc1ccc(S(=O)(=O)N2CCCCC2)cn1)C(=O)c1ccc(F)c(F)c1. The predicted octanol–water partition coefficient (Wildman–Crippen LogP) is 3.90. The second-order valence-corrected chi connectivity index (χ2v) is 9.85. The van der Waals surface area contributed by atoms with Crippen LogP contribution in [0.3, 0.4) is 0 Å². The highest BCUT2D eigenvalue weighted by molar-refractivity contribution is 8.00. The standard InChI is InChI=1S/C19H20F2N2O3S2/c1-13(19(24)14-5-7-16(20)17(21)11-14)27-18-8-6-15(12-22-18)28(25,26)23-9-3-2-4-10-23/h5-8,11-13H,2-4,9-10H2,1H3. The first-order valence-electron chi connectivity index (χ1n) is 8.91. The molecule has 1 unspecified atom stereocenters. The van der Waals surface area contributed by atoms with Gasteiger partial charge in [0.05, 0.1) is 10.3 Å². The van der Waals surface area contributed by atoms with Gasteiger partial charge < -0.3 is 0 Å². The minimum Gasteiger partial charge on any atom is -0.293 e. The number of thioether (sulfide) groups is 1. The van der Waals surface area contributed by atoms with Crippen molar-refractivity contribution in [2.45, 2.75) is 41.4 Å². The zero-order chi connectivity index (χ0) is 20.3. The molecule has 0 spiro atoms. The highest BCUT2D eigenvalue weighted by atomic mass is 32.2. The van der Waals surface area contributed by atoms with E-state index in [1.807, 2.05) is 0 Å². The molecule has 0 amide bonds. The number of rotatable bonds is 6. The van der Waals surface area contributed by atoms with E-state index in [-0.39, 0.29) is 16.2 Å². The lowest BCUT2D eigenvalue weighted by Gasteiger charge is -2.25. The van der Waals surface area contributed by atoms with Crippen molar-refractivity contribution in [2.24, 2.45) is 0 Å². The fraction of sp³-hybridized carbons (Fsp3) is 0.368. The molecule has 0 radical (unpaired) electrons. The van der Waals surface area contributed by atoms with Crippen LogP contribution in [0.2, 0.25) is 0 Å². The molecule has 0 N–H and O–H groups in total. The zero-order valence-corrected chi connectivity index (χ0v) is 16.9. The van der Waals surface area contributed by atoms with Gasteiger partial charge in [-0.05, 0) is 50.1 Å². The highest BCUT2D eigenvalue weighted by Crippen LogP contribution is 2.26. The Kier molecular flexibility index (Phi) is 6.47. The van der Waals surface area contributed by atoms with Crippen LogP contribution in [0.1, 0.15) is 36.5 Å². The number of carbonyl (C=O) groups is 1. The van der Waals surface area contributed by atoms with Crippen LogP contribution in [0.25, 0.3) is 0 Å². The Hall–Kier alpha value is -1.84. The highest BCUT2D eigenvalue weighted by Gasteiger charge is 2.26. The average Bonchev–Trinajstić information content (AvgIpc) is 2.70. The molecule has 1 fully saturated rings. The van der Waals surface area contributed by atoms with Gasteiger partial charge in [0, 0.05) is 24.8 Å². The summed E-state index contributed by atoms with van der Waals surface area (Å²) >= 11 is 1.13. The van der Waals surface area contributed by atoms with E-state index in [0.717, 1.165) is 43.2 Å². The van der Waals surface area contributed by atoms with Gasteiger partial charge in [0.15, 0.2) is 17.4 Å². The number of ketones is 1. The van der Waals surface area contributed by atoms with E-state index in [9.17, 15) is 22.0 Å². The third-order valence-corrected chi connectivity index (χ3v) is 7.47. The van der Waals surface area contributed by atoms with Gasteiger partial charge in [-0.3, -0.25) is 4.79 Å². The normalized spacial score (nSPS) is 16.7. The number of halogens is 2. The maximum absolute atomic E-state index is 13.3. The topological polar surface area (TPSA) is 67.3 Å². The van der Waals surface area contributed by atoms with Crippen molar-refractivity contribution in [1.82, 2.24) is 9.29 Å². The Balaban J connectivity index is 1.69. The Bertz CT molecular complexity index is 960. The van der Waals surface area contributed by atoms with Crippen LogP contribution in [0, 0.1) is 11.6 Å². The number of aromatic nitrogens is 1. The molecule has 5 nitrogen and oxygen atoms in total. The maximum atomic E-state index is 13.3. The summed E-state index contributed by atoms with van der Waals surface area (Å²) in [6, 6.07) is 6.05. The van der Waals surface area contributed by atoms with Gasteiger partial charge in [0.2, 0.25) is 10.0 Å². The number of nitrogens with zero attached hydrogens (tertiary/aromatic N) is 2. The molecule has 150 valence electrons. The van der Waals surface area contributed by atoms with Crippen molar-refractivity contribution in [3.63, 3.8) is 0 Å². The third-order valence-electron chi connectivity index (χ3n) is 4.53. The molecule has 0 bridgehead atoms. The van der Waals surface area contributed by atoms with E-state index in [1.54, 1.807) is 13.0 Å². The van der Waals surface area contributed by atoms with Crippen molar-refractivity contribution in [1.29, 1.82) is 0 Å². The number of pyridine rings is 1. The zero-order valence-electron chi connectivity index (χ0n) is 15.3. The maximum Gasteiger partial charge on any atom is 0.244 e. The summed E-state index contributed by atoms with van der Waals surface area (Å²) in [5, 5.41) is -0.122. The molecule has 0 saturated carbocycles. The van der Waals surface area contributed by atoms with Crippen LogP contribution in [-0.2, 0) is 10.0 Å². The van der Waals surface area contributed by atoms with Gasteiger partial charge in [0.1, 0.15) is 4.90 Å². The Morgan fingerprint density at radius 2 is 1.82 bits per heavy atom. The van der Waals surface area contributed by atoms with E-state index in [0.29, 0.717) is 18.1 Å². The van der Waals surface area contributed by atoms with E-state index in [4.69, 9.17) is 0 Å². The van der Waals surface area contributed by atoms with Crippen molar-refractivity contribution < 1.29 is 22.0 Å². The molecule has 0 aliphatic carbocycles. The van der Waals surface area contributed by atoms with Crippen LogP contribution in [0.5, 0.6) is 0 Å². The summed E-state index contributed by atoms with van der Waals surface area (Å²) in [5.74, 6) is -2.45. The molecule has 1 aromatic carbocycles. The molecular formula is C19H20F2N2O3S2. The minimum atomic E-state index is -3.56. The number of hydrogen-bond acceptors (Lipinski definition) is 5. The quantitative estimate of drug-likeness (QED) is 0.518. The summed E-state index contributed by atoms with van der Waals surface area (Å²) in [7, 11) is -3.56. The monoisotopic (exact) mass is 426 g/mol. The first kappa shape index (κ1) is 20.9. The Morgan fingerprint density at radius 3 is 2.43 bits per heavy atom. The van der Waals surface area contributed by atoms with Gasteiger partial charge >= 0.3 is 0 Å². The smallest absolute Gasteiger partial charge is 0.244 e. The van der Waals surface area contributed by atoms with Crippen LogP contribution in [-0.4, -0.2) is 41.8 Å². The summed E-state index contributed by atoms with van der Waals surface area (Å²) in [5.41, 5.74) is 0.0724. The molecule has 1 atom stereocenters. The van der Waals surface area contributed by atoms with Gasteiger partial charge in [0.25, 0.3) is 0 Å². The average molecular weight is 427 g/mol. The lowest BCUT2D eigenvalue weighted by molar-refractivity contribution is 0.0993. The summed E-state index contributed by atoms with van der Waals surface area (Å²) in [4.78, 5) is 16.7. The molecule has 1 aliphatic rings. The van der Waals surface area contributed by atoms with E-state index < -0.39 is 26.9 Å². The van der Waals surface area contributed by atoms with Gasteiger partial charge in [-0.1, -0.05) is 18.2 Å². The van der Waals surface area contributed by atoms with Gasteiger partial charge in [-0.2, -0.15) is 4.31 Å². The number of sulfonamides is 1. The van der Waals surface area contributed by atoms with Crippen LogP contribution < -0.4 is 0 Å². The number of hydrogen-bond donors (Lipinski definition) is 0. The lowest BCUT2D eigenvalue weighted by atomic mass is 10.1. The van der Waals surface area contributed by atoms with Crippen LogP contribution in [0.4, 0.5) is 8.78 Å². The molecule has 2 aromatic rings. The largest absolute Gasteiger partial charge is 0.293 e. The van der Waals surface area contributed by atoms with E-state index >= 15 is 0 Å². The minimum absolute atomic E-state index is 0.0724. The van der Waals surface area contributed by atoms with Gasteiger partial charge in [-0.15, -0.1) is 0 Å². The Morgan fingerprint density at radius 1 is 1.11 bits per heavy atom. The van der Waals surface area contributed by atoms with Crippen molar-refractivity contribution in [3.05, 3.63) is 53.7 Å². The first-order valence-corrected chi connectivity index (χ1v) is 11.2. The fourth-order valence-corrected chi connectivity index (χ4v) is 5.29. The van der Waals surface area contributed by atoms with Crippen LogP contribution in [0.15, 0.2) is 46.5 Å². The van der Waals surface area contributed by atoms with E-state index in [2.05, 4.69) is 4.98 Å². The van der Waals surface area contributed by atoms with Crippen molar-refractivity contribution in [3.8, 4) is 0 Å². The molecule has 1 aliphatic heterocycles. The number of benzene rings is 1. The Labute approximate surface area is 167 Å². The first-order chi connectivity index (χ1) is 13.3. The van der Waals surface area contributed by atoms with Gasteiger partial charge in [-0.25, -0.2) is 22.2 Å². The second kappa shape index (κ2) is 8.67. The summed E-state index contributed by atoms with van der Waals surface area (Å²) < 4.78 is 53.1. The van der Waals surface area contributed by atoms with E-state index in [1.165, 1.54) is 22.6 Å². The summed E-state index contributed by atoms with van der Waals surface area (Å²) in [6.45, 7) is 2.66. The third kappa shape index (κ3) is 4.59. The molecular weight excluding hydrogens is 406 g/mol.